The van der Waals surface area contributed by atoms with Crippen molar-refractivity contribution in [2.75, 3.05) is 38.1 Å². The summed E-state index contributed by atoms with van der Waals surface area (Å²) in [5.74, 6) is -1.11. The van der Waals surface area contributed by atoms with E-state index in [1.165, 1.54) is 36.5 Å². The number of aromatic nitrogens is 1. The van der Waals surface area contributed by atoms with E-state index in [1.807, 2.05) is 11.9 Å². The van der Waals surface area contributed by atoms with Crippen molar-refractivity contribution in [2.24, 2.45) is 10.7 Å². The number of rotatable bonds is 5. The summed E-state index contributed by atoms with van der Waals surface area (Å²) in [6.45, 7) is 1.59. The molecule has 0 radical (unpaired) electrons. The monoisotopic (exact) mass is 495 g/mol. The van der Waals surface area contributed by atoms with E-state index < -0.39 is 39.5 Å². The Bertz CT molecular complexity index is 1130. The van der Waals surface area contributed by atoms with Gasteiger partial charge in [0.1, 0.15) is 33.4 Å². The van der Waals surface area contributed by atoms with Gasteiger partial charge in [-0.25, -0.2) is 13.8 Å². The summed E-state index contributed by atoms with van der Waals surface area (Å²) in [5.41, 5.74) is 5.34. The molecule has 12 heteroatoms. The summed E-state index contributed by atoms with van der Waals surface area (Å²) >= 11 is 0. The van der Waals surface area contributed by atoms with E-state index in [0.717, 1.165) is 0 Å². The number of amides is 1. The molecule has 2 atom stereocenters. The maximum absolute atomic E-state index is 14.9. The first-order valence-electron chi connectivity index (χ1n) is 10.6. The van der Waals surface area contributed by atoms with Gasteiger partial charge in [-0.3, -0.25) is 18.9 Å². The van der Waals surface area contributed by atoms with Crippen LogP contribution in [0.15, 0.2) is 41.5 Å². The van der Waals surface area contributed by atoms with E-state index in [4.69, 9.17) is 5.73 Å². The second-order valence-corrected chi connectivity index (χ2v) is 11.2. The van der Waals surface area contributed by atoms with Gasteiger partial charge in [0, 0.05) is 24.3 Å². The first kappa shape index (κ1) is 24.3. The SMILES string of the molecule is CN1CCC2(C1)C(N)=N[C@](C)(c1cc(NC(=O)c3ccc(OCF)cn3)ccc1F)CS2(O)O. The standard InChI is InChI=1S/C22H27F2N5O4S/c1-21(12-34(31,32)22(20(25)28-21)7-8-29(2)11-22)16-9-14(3-5-17(16)24)27-19(30)18-6-4-15(10-26-18)33-13-23/h3-6,9-10,31-32H,7-8,11-13H2,1-2H3,(H2,25,28)(H,27,30)/t21-,22?/m0/s1. The number of hydrogen-bond donors (Lipinski definition) is 4. The largest absolute Gasteiger partial charge is 0.461 e. The van der Waals surface area contributed by atoms with Gasteiger partial charge >= 0.3 is 0 Å². The van der Waals surface area contributed by atoms with Gasteiger partial charge in [0.25, 0.3) is 5.91 Å². The van der Waals surface area contributed by atoms with Crippen molar-refractivity contribution in [3.8, 4) is 5.75 Å². The number of alkyl halides is 1. The average Bonchev–Trinajstić information content (AvgIpc) is 3.18. The van der Waals surface area contributed by atoms with E-state index in [2.05, 4.69) is 20.0 Å². The third-order valence-electron chi connectivity index (χ3n) is 6.36. The Labute approximate surface area is 197 Å². The molecule has 1 unspecified atom stereocenters. The first-order valence-corrected chi connectivity index (χ1v) is 12.3. The lowest BCUT2D eigenvalue weighted by Gasteiger charge is -2.54. The number of carbonyl (C=O) groups excluding carboxylic acids is 1. The number of benzene rings is 1. The topological polar surface area (TPSA) is 133 Å². The van der Waals surface area contributed by atoms with Crippen molar-refractivity contribution in [3.05, 3.63) is 53.6 Å². The minimum absolute atomic E-state index is 0.0460. The molecule has 0 aliphatic carbocycles. The van der Waals surface area contributed by atoms with Crippen LogP contribution in [-0.4, -0.2) is 68.2 Å². The Morgan fingerprint density at radius 2 is 2.12 bits per heavy atom. The summed E-state index contributed by atoms with van der Waals surface area (Å²) in [4.78, 5) is 23.0. The van der Waals surface area contributed by atoms with Crippen LogP contribution in [0.4, 0.5) is 14.5 Å². The highest BCUT2D eigenvalue weighted by Gasteiger charge is 2.57. The van der Waals surface area contributed by atoms with Crippen LogP contribution >= 0.6 is 10.6 Å². The second kappa shape index (κ2) is 8.77. The van der Waals surface area contributed by atoms with Crippen LogP contribution < -0.4 is 15.8 Å². The molecule has 184 valence electrons. The summed E-state index contributed by atoms with van der Waals surface area (Å²) in [5, 5.41) is 2.63. The first-order chi connectivity index (χ1) is 16.0. The zero-order valence-corrected chi connectivity index (χ0v) is 19.6. The van der Waals surface area contributed by atoms with E-state index in [9.17, 15) is 22.7 Å². The third kappa shape index (κ3) is 4.22. The number of ether oxygens (including phenoxy) is 1. The smallest absolute Gasteiger partial charge is 0.274 e. The van der Waals surface area contributed by atoms with Gasteiger partial charge in [0.05, 0.1) is 11.9 Å². The lowest BCUT2D eigenvalue weighted by molar-refractivity contribution is 0.102. The van der Waals surface area contributed by atoms with Crippen molar-refractivity contribution in [2.45, 2.75) is 23.6 Å². The number of pyridine rings is 1. The van der Waals surface area contributed by atoms with Gasteiger partial charge in [-0.15, -0.1) is 0 Å². The second-order valence-electron chi connectivity index (χ2n) is 8.85. The quantitative estimate of drug-likeness (QED) is 0.501. The highest BCUT2D eigenvalue weighted by molar-refractivity contribution is 8.26. The van der Waals surface area contributed by atoms with Gasteiger partial charge in [0.15, 0.2) is 0 Å². The molecule has 1 aromatic carbocycles. The van der Waals surface area contributed by atoms with Crippen LogP contribution in [-0.2, 0) is 5.54 Å². The fourth-order valence-corrected chi connectivity index (χ4v) is 7.06. The molecule has 2 aliphatic heterocycles. The molecular weight excluding hydrogens is 468 g/mol. The van der Waals surface area contributed by atoms with Gasteiger partial charge < -0.3 is 20.7 Å². The third-order valence-corrected chi connectivity index (χ3v) is 9.12. The number of nitrogens with zero attached hydrogens (tertiary/aromatic N) is 3. The number of amidine groups is 1. The van der Waals surface area contributed by atoms with E-state index in [0.29, 0.717) is 19.5 Å². The average molecular weight is 496 g/mol. The zero-order chi connectivity index (χ0) is 24.7. The van der Waals surface area contributed by atoms with Crippen LogP contribution in [0.25, 0.3) is 0 Å². The molecule has 34 heavy (non-hydrogen) atoms. The molecule has 2 aromatic rings. The van der Waals surface area contributed by atoms with E-state index >= 15 is 0 Å². The molecule has 1 fully saturated rings. The molecule has 3 heterocycles. The number of nitrogens with two attached hydrogens (primary N) is 1. The maximum atomic E-state index is 14.9. The molecule has 1 amide bonds. The Balaban J connectivity index is 1.62. The number of halogens is 2. The number of nitrogens with one attached hydrogen (secondary N) is 1. The van der Waals surface area contributed by atoms with Crippen LogP contribution in [0.3, 0.4) is 0 Å². The van der Waals surface area contributed by atoms with Gasteiger partial charge in [-0.1, -0.05) is 0 Å². The predicted molar refractivity (Wildman–Crippen MR) is 127 cm³/mol. The van der Waals surface area contributed by atoms with Crippen LogP contribution in [0.5, 0.6) is 5.75 Å². The Morgan fingerprint density at radius 3 is 2.71 bits per heavy atom. The molecule has 5 N–H and O–H groups in total. The minimum Gasteiger partial charge on any atom is -0.461 e. The number of aliphatic imine (C=N–C) groups is 1. The Morgan fingerprint density at radius 1 is 1.35 bits per heavy atom. The van der Waals surface area contributed by atoms with Crippen molar-refractivity contribution in [3.63, 3.8) is 0 Å². The van der Waals surface area contributed by atoms with Gasteiger partial charge in [-0.2, -0.15) is 10.6 Å². The molecule has 1 spiro atoms. The van der Waals surface area contributed by atoms with E-state index in [1.54, 1.807) is 6.92 Å². The molecule has 1 aromatic heterocycles. The van der Waals surface area contributed by atoms with Crippen molar-refractivity contribution in [1.82, 2.24) is 9.88 Å². The number of likely N-dealkylation sites (tertiary alicyclic amines) is 1. The normalized spacial score (nSPS) is 27.3. The Hall–Kier alpha value is -2.80. The van der Waals surface area contributed by atoms with Crippen LogP contribution in [0.1, 0.15) is 29.4 Å². The summed E-state index contributed by atoms with van der Waals surface area (Å²) < 4.78 is 53.1. The van der Waals surface area contributed by atoms with Crippen molar-refractivity contribution < 1.29 is 27.4 Å². The molecule has 0 saturated carbocycles. The zero-order valence-electron chi connectivity index (χ0n) is 18.8. The highest BCUT2D eigenvalue weighted by atomic mass is 32.3. The van der Waals surface area contributed by atoms with Gasteiger partial charge in [-0.05, 0) is 50.7 Å². The molecule has 9 nitrogen and oxygen atoms in total. The predicted octanol–water partition coefficient (Wildman–Crippen LogP) is 3.19. The lowest BCUT2D eigenvalue weighted by atomic mass is 9.92. The molecule has 2 aliphatic rings. The van der Waals surface area contributed by atoms with Crippen molar-refractivity contribution >= 4 is 28.0 Å². The Kier molecular flexibility index (Phi) is 6.27. The molecular formula is C22H27F2N5O4S. The van der Waals surface area contributed by atoms with Crippen molar-refractivity contribution in [1.29, 1.82) is 0 Å². The van der Waals surface area contributed by atoms with E-state index in [-0.39, 0.29) is 34.3 Å². The fraction of sp³-hybridized carbons (Fsp3) is 0.409. The lowest BCUT2D eigenvalue weighted by Crippen LogP contribution is -2.56. The number of hydrogen-bond acceptors (Lipinski definition) is 8. The number of anilines is 1. The van der Waals surface area contributed by atoms with Crippen LogP contribution in [0.2, 0.25) is 0 Å². The fourth-order valence-electron chi connectivity index (χ4n) is 4.55. The molecule has 0 bridgehead atoms. The molecule has 1 saturated heterocycles. The summed E-state index contributed by atoms with van der Waals surface area (Å²) in [7, 11) is -1.40. The summed E-state index contributed by atoms with van der Waals surface area (Å²) in [6, 6.07) is 6.72. The minimum atomic E-state index is -3.27. The maximum Gasteiger partial charge on any atom is 0.274 e. The van der Waals surface area contributed by atoms with Crippen LogP contribution in [0, 0.1) is 5.82 Å². The number of carbonyl (C=O) groups is 1. The van der Waals surface area contributed by atoms with Gasteiger partial charge in [0.2, 0.25) is 6.86 Å². The molecule has 4 rings (SSSR count). The highest BCUT2D eigenvalue weighted by Crippen LogP contribution is 2.62. The summed E-state index contributed by atoms with van der Waals surface area (Å²) in [6.07, 6.45) is 1.67.